The fourth-order valence-corrected chi connectivity index (χ4v) is 1.57. The van der Waals surface area contributed by atoms with Gasteiger partial charge in [0, 0.05) is 23.5 Å². The van der Waals surface area contributed by atoms with E-state index in [1.807, 2.05) is 0 Å². The normalized spacial score (nSPS) is 10.4. The number of aryl methyl sites for hydroxylation is 1. The molecule has 1 aromatic heterocycles. The molecule has 3 nitrogen and oxygen atoms in total. The first-order chi connectivity index (χ1) is 8.60. The number of benzene rings is 1. The fraction of sp³-hybridized carbons (Fsp3) is 0.167. The van der Waals surface area contributed by atoms with Gasteiger partial charge in [0.05, 0.1) is 5.88 Å². The summed E-state index contributed by atoms with van der Waals surface area (Å²) >= 11 is 5.66. The zero-order valence-corrected chi connectivity index (χ0v) is 10.2. The number of alkyl halides is 1. The molecule has 0 atom stereocenters. The highest BCUT2D eigenvalue weighted by Crippen LogP contribution is 2.23. The van der Waals surface area contributed by atoms with Gasteiger partial charge in [0.2, 0.25) is 0 Å². The predicted molar refractivity (Wildman–Crippen MR) is 62.8 cm³/mol. The van der Waals surface area contributed by atoms with Crippen LogP contribution in [0.25, 0.3) is 0 Å². The molecule has 0 aliphatic heterocycles. The van der Waals surface area contributed by atoms with Gasteiger partial charge in [-0.25, -0.2) is 13.8 Å². The zero-order valence-electron chi connectivity index (χ0n) is 9.45. The average molecular weight is 271 g/mol. The monoisotopic (exact) mass is 270 g/mol. The molecular formula is C12H9ClF2N2O. The molecule has 0 saturated heterocycles. The Morgan fingerprint density at radius 2 is 2.11 bits per heavy atom. The molecule has 0 saturated carbocycles. The molecule has 0 bridgehead atoms. The Hall–Kier alpha value is -1.75. The third-order valence-corrected chi connectivity index (χ3v) is 2.59. The summed E-state index contributed by atoms with van der Waals surface area (Å²) in [4.78, 5) is 7.87. The van der Waals surface area contributed by atoms with Crippen molar-refractivity contribution < 1.29 is 13.5 Å². The summed E-state index contributed by atoms with van der Waals surface area (Å²) in [6.07, 6.45) is 1.49. The van der Waals surface area contributed by atoms with Gasteiger partial charge in [-0.3, -0.25) is 0 Å². The highest BCUT2D eigenvalue weighted by atomic mass is 35.5. The first kappa shape index (κ1) is 12.7. The topological polar surface area (TPSA) is 35.0 Å². The van der Waals surface area contributed by atoms with Gasteiger partial charge in [-0.1, -0.05) is 0 Å². The third-order valence-electron chi connectivity index (χ3n) is 2.30. The highest BCUT2D eigenvalue weighted by Gasteiger charge is 2.09. The number of hydrogen-bond acceptors (Lipinski definition) is 3. The number of hydrogen-bond donors (Lipinski definition) is 0. The molecule has 2 aromatic rings. The minimum Gasteiger partial charge on any atom is -0.421 e. The lowest BCUT2D eigenvalue weighted by Crippen LogP contribution is -1.98. The van der Waals surface area contributed by atoms with Crippen molar-refractivity contribution in [1.29, 1.82) is 0 Å². The van der Waals surface area contributed by atoms with E-state index in [0.29, 0.717) is 5.69 Å². The molecule has 2 rings (SSSR count). The van der Waals surface area contributed by atoms with Gasteiger partial charge in [-0.15, -0.1) is 11.6 Å². The van der Waals surface area contributed by atoms with Gasteiger partial charge >= 0.3 is 6.01 Å². The maximum atomic E-state index is 13.3. The summed E-state index contributed by atoms with van der Waals surface area (Å²) in [7, 11) is 0. The van der Waals surface area contributed by atoms with Gasteiger partial charge in [0.25, 0.3) is 0 Å². The highest BCUT2D eigenvalue weighted by molar-refractivity contribution is 6.17. The van der Waals surface area contributed by atoms with Crippen LogP contribution in [-0.2, 0) is 5.88 Å². The van der Waals surface area contributed by atoms with Crippen LogP contribution in [0.5, 0.6) is 11.8 Å². The van der Waals surface area contributed by atoms with Crippen LogP contribution in [0.2, 0.25) is 0 Å². The van der Waals surface area contributed by atoms with Crippen LogP contribution in [0.4, 0.5) is 8.78 Å². The first-order valence-corrected chi connectivity index (χ1v) is 5.65. The maximum absolute atomic E-state index is 13.3. The van der Waals surface area contributed by atoms with Crippen LogP contribution in [0.3, 0.4) is 0 Å². The lowest BCUT2D eigenvalue weighted by molar-refractivity contribution is 0.405. The number of rotatable bonds is 3. The summed E-state index contributed by atoms with van der Waals surface area (Å²) in [5.74, 6) is -1.26. The minimum atomic E-state index is -0.681. The largest absolute Gasteiger partial charge is 0.421 e. The molecule has 1 heterocycles. The minimum absolute atomic E-state index is 0.0501. The van der Waals surface area contributed by atoms with Crippen molar-refractivity contribution >= 4 is 11.6 Å². The van der Waals surface area contributed by atoms with E-state index in [1.54, 1.807) is 6.92 Å². The standard InChI is InChI=1S/C12H9ClF2N2O/c1-7-8(5-13)6-16-12(17-7)18-11-4-9(14)2-3-10(11)15/h2-4,6H,5H2,1H3. The average Bonchev–Trinajstić information content (AvgIpc) is 2.34. The van der Waals surface area contributed by atoms with Gasteiger partial charge in [-0.05, 0) is 19.1 Å². The first-order valence-electron chi connectivity index (χ1n) is 5.11. The van der Waals surface area contributed by atoms with Crippen molar-refractivity contribution in [2.45, 2.75) is 12.8 Å². The summed E-state index contributed by atoms with van der Waals surface area (Å²) in [6.45, 7) is 1.73. The third kappa shape index (κ3) is 2.73. The predicted octanol–water partition coefficient (Wildman–Crippen LogP) is 3.59. The summed E-state index contributed by atoms with van der Waals surface area (Å²) in [6, 6.07) is 2.87. The molecule has 0 amide bonds. The van der Waals surface area contributed by atoms with E-state index >= 15 is 0 Å². The lowest BCUT2D eigenvalue weighted by Gasteiger charge is -2.07. The zero-order chi connectivity index (χ0) is 13.1. The van der Waals surface area contributed by atoms with Crippen LogP contribution in [0.15, 0.2) is 24.4 Å². The Balaban J connectivity index is 2.28. The molecular weight excluding hydrogens is 262 g/mol. The number of nitrogens with zero attached hydrogens (tertiary/aromatic N) is 2. The number of ether oxygens (including phenoxy) is 1. The molecule has 6 heteroatoms. The second-order valence-corrected chi connectivity index (χ2v) is 3.84. The Morgan fingerprint density at radius 3 is 2.78 bits per heavy atom. The van der Waals surface area contributed by atoms with E-state index in [2.05, 4.69) is 9.97 Å². The van der Waals surface area contributed by atoms with Gasteiger partial charge in [0.1, 0.15) is 5.82 Å². The lowest BCUT2D eigenvalue weighted by atomic mass is 10.3. The second kappa shape index (κ2) is 5.27. The van der Waals surface area contributed by atoms with E-state index in [0.717, 1.165) is 23.8 Å². The van der Waals surface area contributed by atoms with Crippen LogP contribution in [-0.4, -0.2) is 9.97 Å². The van der Waals surface area contributed by atoms with Crippen LogP contribution < -0.4 is 4.74 Å². The van der Waals surface area contributed by atoms with E-state index in [1.165, 1.54) is 6.20 Å². The van der Waals surface area contributed by atoms with Crippen molar-refractivity contribution in [3.8, 4) is 11.8 Å². The molecule has 18 heavy (non-hydrogen) atoms. The van der Waals surface area contributed by atoms with Gasteiger partial charge < -0.3 is 4.74 Å². The molecule has 0 fully saturated rings. The molecule has 94 valence electrons. The number of aromatic nitrogens is 2. The van der Waals surface area contributed by atoms with E-state index < -0.39 is 11.6 Å². The summed E-state index contributed by atoms with van der Waals surface area (Å²) < 4.78 is 31.4. The fourth-order valence-electron chi connectivity index (χ4n) is 1.30. The SMILES string of the molecule is Cc1nc(Oc2cc(F)ccc2F)ncc1CCl. The quantitative estimate of drug-likeness (QED) is 0.800. The van der Waals surface area contributed by atoms with Crippen LogP contribution in [0, 0.1) is 18.6 Å². The molecule has 0 aliphatic rings. The Labute approximate surface area is 107 Å². The van der Waals surface area contributed by atoms with Crippen molar-refractivity contribution in [2.75, 3.05) is 0 Å². The van der Waals surface area contributed by atoms with Crippen LogP contribution >= 0.6 is 11.6 Å². The Morgan fingerprint density at radius 1 is 1.33 bits per heavy atom. The molecule has 0 N–H and O–H groups in total. The van der Waals surface area contributed by atoms with Crippen molar-refractivity contribution in [3.05, 3.63) is 47.3 Å². The summed E-state index contributed by atoms with van der Waals surface area (Å²) in [5, 5.41) is 0. The Kier molecular flexibility index (Phi) is 3.72. The Bertz CT molecular complexity index is 578. The van der Waals surface area contributed by atoms with Crippen LogP contribution in [0.1, 0.15) is 11.3 Å². The smallest absolute Gasteiger partial charge is 0.322 e. The van der Waals surface area contributed by atoms with E-state index in [-0.39, 0.29) is 17.6 Å². The molecule has 1 aromatic carbocycles. The van der Waals surface area contributed by atoms with Crippen molar-refractivity contribution in [2.24, 2.45) is 0 Å². The molecule has 0 radical (unpaired) electrons. The van der Waals surface area contributed by atoms with E-state index in [9.17, 15) is 8.78 Å². The maximum Gasteiger partial charge on any atom is 0.322 e. The van der Waals surface area contributed by atoms with Crippen molar-refractivity contribution in [3.63, 3.8) is 0 Å². The molecule has 0 unspecified atom stereocenters. The van der Waals surface area contributed by atoms with E-state index in [4.69, 9.17) is 16.3 Å². The van der Waals surface area contributed by atoms with Gasteiger partial charge in [-0.2, -0.15) is 4.98 Å². The van der Waals surface area contributed by atoms with Gasteiger partial charge in [0.15, 0.2) is 11.6 Å². The molecule has 0 spiro atoms. The number of halogens is 3. The second-order valence-electron chi connectivity index (χ2n) is 3.57. The molecule has 0 aliphatic carbocycles. The van der Waals surface area contributed by atoms with Crippen molar-refractivity contribution in [1.82, 2.24) is 9.97 Å². The summed E-state index contributed by atoms with van der Waals surface area (Å²) in [5.41, 5.74) is 1.38.